The number of rotatable bonds is 4. The van der Waals surface area contributed by atoms with Crippen LogP contribution in [0, 0.1) is 29.1 Å². The fourth-order valence-corrected chi connectivity index (χ4v) is 2.74. The second-order valence-corrected chi connectivity index (χ2v) is 5.67. The summed E-state index contributed by atoms with van der Waals surface area (Å²) in [6.45, 7) is 7.98. The standard InChI is InChI=1S/C14H26N2/c1-5-11(2)10-16(4)14-8-12(3)6-7-13(14)9-15/h11-14H,5-8,10H2,1-4H3. The van der Waals surface area contributed by atoms with Gasteiger partial charge < -0.3 is 4.90 Å². The summed E-state index contributed by atoms with van der Waals surface area (Å²) in [7, 11) is 2.19. The van der Waals surface area contributed by atoms with Crippen LogP contribution in [0.5, 0.6) is 0 Å². The van der Waals surface area contributed by atoms with E-state index in [0.29, 0.717) is 6.04 Å². The highest BCUT2D eigenvalue weighted by Gasteiger charge is 2.31. The molecular formula is C14H26N2. The molecule has 92 valence electrons. The van der Waals surface area contributed by atoms with E-state index >= 15 is 0 Å². The maximum absolute atomic E-state index is 9.21. The molecule has 0 aromatic rings. The lowest BCUT2D eigenvalue weighted by Gasteiger charge is -2.38. The molecule has 0 spiro atoms. The van der Waals surface area contributed by atoms with E-state index in [4.69, 9.17) is 0 Å². The van der Waals surface area contributed by atoms with Gasteiger partial charge in [-0.1, -0.05) is 27.2 Å². The number of hydrogen-bond donors (Lipinski definition) is 0. The first-order valence-electron chi connectivity index (χ1n) is 6.68. The molecule has 0 aromatic carbocycles. The molecule has 16 heavy (non-hydrogen) atoms. The first-order valence-corrected chi connectivity index (χ1v) is 6.68. The molecule has 0 amide bonds. The number of nitriles is 1. The van der Waals surface area contributed by atoms with Crippen molar-refractivity contribution in [1.29, 1.82) is 5.26 Å². The van der Waals surface area contributed by atoms with Crippen molar-refractivity contribution in [2.75, 3.05) is 13.6 Å². The van der Waals surface area contributed by atoms with E-state index < -0.39 is 0 Å². The summed E-state index contributed by atoms with van der Waals surface area (Å²) >= 11 is 0. The van der Waals surface area contributed by atoms with E-state index in [1.54, 1.807) is 0 Å². The van der Waals surface area contributed by atoms with Crippen molar-refractivity contribution in [2.45, 2.75) is 52.5 Å². The van der Waals surface area contributed by atoms with Crippen LogP contribution in [-0.2, 0) is 0 Å². The molecule has 1 aliphatic carbocycles. The molecule has 1 saturated carbocycles. The molecule has 1 aliphatic rings. The van der Waals surface area contributed by atoms with Gasteiger partial charge in [0.1, 0.15) is 0 Å². The van der Waals surface area contributed by atoms with E-state index in [9.17, 15) is 5.26 Å². The molecule has 0 radical (unpaired) electrons. The summed E-state index contributed by atoms with van der Waals surface area (Å²) in [4.78, 5) is 2.43. The molecule has 4 atom stereocenters. The Kier molecular flexibility index (Phi) is 5.28. The van der Waals surface area contributed by atoms with Gasteiger partial charge in [-0.2, -0.15) is 5.26 Å². The van der Waals surface area contributed by atoms with Crippen LogP contribution in [-0.4, -0.2) is 24.5 Å². The highest BCUT2D eigenvalue weighted by molar-refractivity contribution is 4.96. The van der Waals surface area contributed by atoms with Crippen LogP contribution < -0.4 is 0 Å². The molecule has 0 heterocycles. The van der Waals surface area contributed by atoms with Crippen molar-refractivity contribution in [2.24, 2.45) is 17.8 Å². The second kappa shape index (κ2) is 6.25. The van der Waals surface area contributed by atoms with Crippen molar-refractivity contribution in [1.82, 2.24) is 4.90 Å². The Labute approximate surface area is 101 Å². The van der Waals surface area contributed by atoms with Gasteiger partial charge in [0.15, 0.2) is 0 Å². The van der Waals surface area contributed by atoms with Crippen molar-refractivity contribution in [3.05, 3.63) is 0 Å². The maximum Gasteiger partial charge on any atom is 0.0672 e. The van der Waals surface area contributed by atoms with Crippen molar-refractivity contribution < 1.29 is 0 Å². The Balaban J connectivity index is 2.56. The van der Waals surface area contributed by atoms with Crippen molar-refractivity contribution in [3.8, 4) is 6.07 Å². The fraction of sp³-hybridized carbons (Fsp3) is 0.929. The molecule has 1 rings (SSSR count). The molecule has 0 aromatic heterocycles. The van der Waals surface area contributed by atoms with Gasteiger partial charge in [-0.15, -0.1) is 0 Å². The Hall–Kier alpha value is -0.550. The van der Waals surface area contributed by atoms with Crippen LogP contribution in [0.2, 0.25) is 0 Å². The van der Waals surface area contributed by atoms with Crippen LogP contribution in [0.25, 0.3) is 0 Å². The smallest absolute Gasteiger partial charge is 0.0672 e. The van der Waals surface area contributed by atoms with Crippen molar-refractivity contribution in [3.63, 3.8) is 0 Å². The summed E-state index contributed by atoms with van der Waals surface area (Å²) in [5, 5.41) is 9.21. The highest BCUT2D eigenvalue weighted by Crippen LogP contribution is 2.31. The lowest BCUT2D eigenvalue weighted by Crippen LogP contribution is -2.43. The van der Waals surface area contributed by atoms with Gasteiger partial charge in [0.2, 0.25) is 0 Å². The van der Waals surface area contributed by atoms with Gasteiger partial charge in [-0.3, -0.25) is 0 Å². The number of nitrogens with zero attached hydrogens (tertiary/aromatic N) is 2. The van der Waals surface area contributed by atoms with Crippen LogP contribution in [0.15, 0.2) is 0 Å². The largest absolute Gasteiger partial charge is 0.302 e. The average Bonchev–Trinajstić information content (AvgIpc) is 2.28. The third-order valence-electron chi connectivity index (χ3n) is 4.11. The number of hydrogen-bond acceptors (Lipinski definition) is 2. The van der Waals surface area contributed by atoms with Gasteiger partial charge in [0.25, 0.3) is 0 Å². The Morgan fingerprint density at radius 1 is 1.44 bits per heavy atom. The van der Waals surface area contributed by atoms with Gasteiger partial charge >= 0.3 is 0 Å². The average molecular weight is 222 g/mol. The predicted molar refractivity (Wildman–Crippen MR) is 68.0 cm³/mol. The Morgan fingerprint density at radius 3 is 2.69 bits per heavy atom. The first kappa shape index (κ1) is 13.5. The highest BCUT2D eigenvalue weighted by atomic mass is 15.1. The zero-order chi connectivity index (χ0) is 12.1. The summed E-state index contributed by atoms with van der Waals surface area (Å²) in [5.74, 6) is 1.78. The van der Waals surface area contributed by atoms with E-state index in [1.807, 2.05) is 0 Å². The lowest BCUT2D eigenvalue weighted by atomic mass is 9.79. The third-order valence-corrected chi connectivity index (χ3v) is 4.11. The zero-order valence-electron chi connectivity index (χ0n) is 11.2. The van der Waals surface area contributed by atoms with Gasteiger partial charge in [-0.25, -0.2) is 0 Å². The van der Waals surface area contributed by atoms with Gasteiger partial charge in [-0.05, 0) is 38.1 Å². The molecule has 0 aliphatic heterocycles. The molecule has 4 unspecified atom stereocenters. The minimum Gasteiger partial charge on any atom is -0.302 e. The Bertz CT molecular complexity index is 244. The molecular weight excluding hydrogens is 196 g/mol. The maximum atomic E-state index is 9.21. The van der Waals surface area contributed by atoms with E-state index in [0.717, 1.165) is 24.8 Å². The summed E-state index contributed by atoms with van der Waals surface area (Å²) in [6, 6.07) is 2.99. The molecule has 0 N–H and O–H groups in total. The summed E-state index contributed by atoms with van der Waals surface area (Å²) < 4.78 is 0. The third kappa shape index (κ3) is 3.49. The van der Waals surface area contributed by atoms with Gasteiger partial charge in [0, 0.05) is 12.6 Å². The van der Waals surface area contributed by atoms with E-state index in [2.05, 4.69) is 38.8 Å². The molecule has 0 saturated heterocycles. The molecule has 0 bridgehead atoms. The van der Waals surface area contributed by atoms with Crippen LogP contribution in [0.3, 0.4) is 0 Å². The monoisotopic (exact) mass is 222 g/mol. The normalized spacial score (nSPS) is 32.4. The minimum atomic E-state index is 0.255. The topological polar surface area (TPSA) is 27.0 Å². The molecule has 2 heteroatoms. The Morgan fingerprint density at radius 2 is 2.12 bits per heavy atom. The van der Waals surface area contributed by atoms with Crippen LogP contribution in [0.1, 0.15) is 46.5 Å². The SMILES string of the molecule is CCC(C)CN(C)C1CC(C)CCC1C#N. The van der Waals surface area contributed by atoms with Gasteiger partial charge in [0.05, 0.1) is 12.0 Å². The fourth-order valence-electron chi connectivity index (χ4n) is 2.74. The molecule has 2 nitrogen and oxygen atoms in total. The second-order valence-electron chi connectivity index (χ2n) is 5.67. The summed E-state index contributed by atoms with van der Waals surface area (Å²) in [6.07, 6.45) is 4.74. The minimum absolute atomic E-state index is 0.255. The van der Waals surface area contributed by atoms with Crippen molar-refractivity contribution >= 4 is 0 Å². The predicted octanol–water partition coefficient (Wildman–Crippen LogP) is 3.29. The van der Waals surface area contributed by atoms with Crippen LogP contribution >= 0.6 is 0 Å². The lowest BCUT2D eigenvalue weighted by molar-refractivity contribution is 0.116. The zero-order valence-corrected chi connectivity index (χ0v) is 11.2. The first-order chi connectivity index (χ1) is 7.58. The van der Waals surface area contributed by atoms with Crippen LogP contribution in [0.4, 0.5) is 0 Å². The van der Waals surface area contributed by atoms with E-state index in [-0.39, 0.29) is 5.92 Å². The summed E-state index contributed by atoms with van der Waals surface area (Å²) in [5.41, 5.74) is 0. The van der Waals surface area contributed by atoms with E-state index in [1.165, 1.54) is 19.3 Å². The molecule has 1 fully saturated rings. The quantitative estimate of drug-likeness (QED) is 0.730.